The maximum absolute atomic E-state index is 13.2. The van der Waals surface area contributed by atoms with Crippen LogP contribution in [0.3, 0.4) is 0 Å². The van der Waals surface area contributed by atoms with Crippen LogP contribution < -0.4 is 15.0 Å². The number of nitrogens with one attached hydrogen (secondary N) is 1. The van der Waals surface area contributed by atoms with Crippen molar-refractivity contribution in [2.75, 3.05) is 23.4 Å². The monoisotopic (exact) mass is 448 g/mol. The number of esters is 1. The Bertz CT molecular complexity index is 980. The Morgan fingerprint density at radius 2 is 1.94 bits per heavy atom. The van der Waals surface area contributed by atoms with Gasteiger partial charge in [0.1, 0.15) is 11.6 Å². The third-order valence-electron chi connectivity index (χ3n) is 4.53. The molecular weight excluding hydrogens is 427 g/mol. The lowest BCUT2D eigenvalue weighted by atomic mass is 10.1. The topological polar surface area (TPSA) is 84.9 Å². The van der Waals surface area contributed by atoms with Gasteiger partial charge in [-0.1, -0.05) is 11.6 Å². The van der Waals surface area contributed by atoms with Crippen LogP contribution in [0, 0.1) is 11.7 Å². The number of amides is 2. The second kappa shape index (κ2) is 9.78. The molecule has 7 nitrogen and oxygen atoms in total. The number of nitrogens with zero attached hydrogens (tertiary/aromatic N) is 1. The summed E-state index contributed by atoms with van der Waals surface area (Å²) in [5.41, 5.74) is 0.932. The van der Waals surface area contributed by atoms with Crippen LogP contribution in [0.1, 0.15) is 20.3 Å². The molecule has 0 saturated carbocycles. The molecule has 2 aromatic carbocycles. The summed E-state index contributed by atoms with van der Waals surface area (Å²) >= 11 is 5.66. The molecule has 1 heterocycles. The van der Waals surface area contributed by atoms with E-state index in [9.17, 15) is 18.8 Å². The Kier molecular flexibility index (Phi) is 7.12. The molecule has 0 aromatic heterocycles. The fraction of sp³-hybridized carbons (Fsp3) is 0.318. The lowest BCUT2D eigenvalue weighted by Crippen LogP contribution is -2.28. The quantitative estimate of drug-likeness (QED) is 0.651. The second-order valence-corrected chi connectivity index (χ2v) is 7.76. The van der Waals surface area contributed by atoms with Crippen LogP contribution in [0.15, 0.2) is 42.5 Å². The summed E-state index contributed by atoms with van der Waals surface area (Å²) in [5.74, 6) is -2.03. The highest BCUT2D eigenvalue weighted by molar-refractivity contribution is 6.31. The van der Waals surface area contributed by atoms with Crippen molar-refractivity contribution in [1.29, 1.82) is 0 Å². The molecule has 1 atom stereocenters. The molecule has 1 saturated heterocycles. The molecular formula is C22H22ClFN2O5. The standard InChI is InChI=1S/C22H22ClFN2O5/c1-13(2)31-17-6-4-16(5-7-17)26-11-14(9-21(26)28)22(29)30-12-20(27)25-15-3-8-19(24)18(23)10-15/h3-8,10,13-14H,9,11-12H2,1-2H3,(H,25,27)/t14-/m1/s1. The molecule has 0 spiro atoms. The summed E-state index contributed by atoms with van der Waals surface area (Å²) in [4.78, 5) is 38.2. The largest absolute Gasteiger partial charge is 0.491 e. The average molecular weight is 449 g/mol. The third kappa shape index (κ3) is 5.95. The van der Waals surface area contributed by atoms with Gasteiger partial charge < -0.3 is 19.7 Å². The predicted molar refractivity (Wildman–Crippen MR) is 114 cm³/mol. The first kappa shape index (κ1) is 22.6. The van der Waals surface area contributed by atoms with Gasteiger partial charge in [-0.25, -0.2) is 4.39 Å². The summed E-state index contributed by atoms with van der Waals surface area (Å²) < 4.78 is 23.8. The van der Waals surface area contributed by atoms with E-state index in [1.54, 1.807) is 24.3 Å². The minimum Gasteiger partial charge on any atom is -0.491 e. The molecule has 0 unspecified atom stereocenters. The van der Waals surface area contributed by atoms with Crippen molar-refractivity contribution in [3.05, 3.63) is 53.3 Å². The van der Waals surface area contributed by atoms with Crippen molar-refractivity contribution in [2.24, 2.45) is 5.92 Å². The van der Waals surface area contributed by atoms with E-state index in [2.05, 4.69) is 5.32 Å². The molecule has 1 fully saturated rings. The molecule has 1 N–H and O–H groups in total. The summed E-state index contributed by atoms with van der Waals surface area (Å²) in [6, 6.07) is 10.7. The molecule has 1 aliphatic rings. The predicted octanol–water partition coefficient (Wildman–Crippen LogP) is 3.80. The number of anilines is 2. The molecule has 2 aromatic rings. The minimum absolute atomic E-state index is 0.00172. The van der Waals surface area contributed by atoms with Gasteiger partial charge in [-0.05, 0) is 56.3 Å². The second-order valence-electron chi connectivity index (χ2n) is 7.35. The van der Waals surface area contributed by atoms with E-state index >= 15 is 0 Å². The fourth-order valence-corrected chi connectivity index (χ4v) is 3.30. The number of hydrogen-bond donors (Lipinski definition) is 1. The van der Waals surface area contributed by atoms with Crippen LogP contribution in [-0.4, -0.2) is 37.0 Å². The molecule has 164 valence electrons. The minimum atomic E-state index is -0.674. The van der Waals surface area contributed by atoms with Crippen LogP contribution >= 0.6 is 11.6 Å². The highest BCUT2D eigenvalue weighted by Gasteiger charge is 2.36. The van der Waals surface area contributed by atoms with Gasteiger partial charge in [0.2, 0.25) is 5.91 Å². The van der Waals surface area contributed by atoms with E-state index in [-0.39, 0.29) is 35.7 Å². The molecule has 1 aliphatic heterocycles. The van der Waals surface area contributed by atoms with Gasteiger partial charge in [0.05, 0.1) is 17.0 Å². The van der Waals surface area contributed by atoms with Crippen molar-refractivity contribution >= 4 is 40.8 Å². The number of hydrogen-bond acceptors (Lipinski definition) is 5. The van der Waals surface area contributed by atoms with Gasteiger partial charge in [-0.15, -0.1) is 0 Å². The maximum atomic E-state index is 13.2. The SMILES string of the molecule is CC(C)Oc1ccc(N2C[C@H](C(=O)OCC(=O)Nc3ccc(F)c(Cl)c3)CC2=O)cc1. The van der Waals surface area contributed by atoms with Crippen LogP contribution in [0.25, 0.3) is 0 Å². The molecule has 2 amide bonds. The maximum Gasteiger partial charge on any atom is 0.311 e. The zero-order valence-corrected chi connectivity index (χ0v) is 17.8. The highest BCUT2D eigenvalue weighted by atomic mass is 35.5. The normalized spacial score (nSPS) is 15.8. The van der Waals surface area contributed by atoms with Gasteiger partial charge in [-0.2, -0.15) is 0 Å². The molecule has 0 bridgehead atoms. The van der Waals surface area contributed by atoms with Crippen molar-refractivity contribution in [1.82, 2.24) is 0 Å². The van der Waals surface area contributed by atoms with Gasteiger partial charge in [0.25, 0.3) is 5.91 Å². The van der Waals surface area contributed by atoms with E-state index in [0.717, 1.165) is 6.07 Å². The van der Waals surface area contributed by atoms with Crippen LogP contribution in [0.5, 0.6) is 5.75 Å². The lowest BCUT2D eigenvalue weighted by Gasteiger charge is -2.17. The van der Waals surface area contributed by atoms with E-state index in [0.29, 0.717) is 11.4 Å². The summed E-state index contributed by atoms with van der Waals surface area (Å²) in [7, 11) is 0. The van der Waals surface area contributed by atoms with Crippen LogP contribution in [0.4, 0.5) is 15.8 Å². The van der Waals surface area contributed by atoms with Crippen molar-refractivity contribution < 1.29 is 28.2 Å². The van der Waals surface area contributed by atoms with Gasteiger partial charge in [-0.3, -0.25) is 14.4 Å². The molecule has 31 heavy (non-hydrogen) atoms. The summed E-state index contributed by atoms with van der Waals surface area (Å²) in [6.07, 6.45) is 0.0359. The third-order valence-corrected chi connectivity index (χ3v) is 4.82. The molecule has 0 aliphatic carbocycles. The Morgan fingerprint density at radius 3 is 2.58 bits per heavy atom. The number of halogens is 2. The number of benzene rings is 2. The van der Waals surface area contributed by atoms with E-state index < -0.39 is 30.2 Å². The van der Waals surface area contributed by atoms with Crippen molar-refractivity contribution in [2.45, 2.75) is 26.4 Å². The Balaban J connectivity index is 1.51. The lowest BCUT2D eigenvalue weighted by molar-refractivity contribution is -0.151. The zero-order valence-electron chi connectivity index (χ0n) is 17.1. The van der Waals surface area contributed by atoms with E-state index in [4.69, 9.17) is 21.1 Å². The number of carbonyl (C=O) groups excluding carboxylic acids is 3. The average Bonchev–Trinajstić information content (AvgIpc) is 3.11. The first-order valence-corrected chi connectivity index (χ1v) is 10.1. The van der Waals surface area contributed by atoms with Gasteiger partial charge >= 0.3 is 5.97 Å². The molecule has 9 heteroatoms. The fourth-order valence-electron chi connectivity index (χ4n) is 3.12. The number of ether oxygens (including phenoxy) is 2. The van der Waals surface area contributed by atoms with Gasteiger partial charge in [0.15, 0.2) is 6.61 Å². The van der Waals surface area contributed by atoms with Crippen molar-refractivity contribution in [3.8, 4) is 5.75 Å². The number of rotatable bonds is 7. The first-order chi connectivity index (χ1) is 14.7. The van der Waals surface area contributed by atoms with Crippen LogP contribution in [-0.2, 0) is 19.1 Å². The Labute approximate surface area is 184 Å². The van der Waals surface area contributed by atoms with E-state index in [1.807, 2.05) is 13.8 Å². The summed E-state index contributed by atoms with van der Waals surface area (Å²) in [6.45, 7) is 3.48. The van der Waals surface area contributed by atoms with E-state index in [1.165, 1.54) is 17.0 Å². The summed E-state index contributed by atoms with van der Waals surface area (Å²) in [5, 5.41) is 2.33. The first-order valence-electron chi connectivity index (χ1n) is 9.71. The number of carbonyl (C=O) groups is 3. The zero-order chi connectivity index (χ0) is 22.5. The van der Waals surface area contributed by atoms with Crippen molar-refractivity contribution in [3.63, 3.8) is 0 Å². The Morgan fingerprint density at radius 1 is 1.23 bits per heavy atom. The molecule has 0 radical (unpaired) electrons. The highest BCUT2D eigenvalue weighted by Crippen LogP contribution is 2.28. The molecule has 3 rings (SSSR count). The smallest absolute Gasteiger partial charge is 0.311 e. The van der Waals surface area contributed by atoms with Crippen LogP contribution in [0.2, 0.25) is 5.02 Å². The van der Waals surface area contributed by atoms with Gasteiger partial charge in [0, 0.05) is 24.3 Å². The Hall–Kier alpha value is -3.13.